The molecule has 0 aliphatic rings. The van der Waals surface area contributed by atoms with Crippen LogP contribution in [0.25, 0.3) is 0 Å². The first-order chi connectivity index (χ1) is 10.3. The molecule has 0 N–H and O–H groups in total. The van der Waals surface area contributed by atoms with Gasteiger partial charge in [0.2, 0.25) is 0 Å². The SMILES string of the molecule is CCCCCCCCCCC[CH2][Zn]([CH2]CCC)[CH2]CCC. The van der Waals surface area contributed by atoms with Gasteiger partial charge in [0.15, 0.2) is 0 Å². The summed E-state index contributed by atoms with van der Waals surface area (Å²) in [6.45, 7) is 7.03. The van der Waals surface area contributed by atoms with Gasteiger partial charge in [-0.1, -0.05) is 0 Å². The van der Waals surface area contributed by atoms with Crippen LogP contribution in [0, 0.1) is 0 Å². The third kappa shape index (κ3) is 16.8. The number of hydrogen-bond donors (Lipinski definition) is 0. The van der Waals surface area contributed by atoms with E-state index in [4.69, 9.17) is 0 Å². The fourth-order valence-electron chi connectivity index (χ4n) is 3.76. The Balaban J connectivity index is 3.35. The van der Waals surface area contributed by atoms with Crippen LogP contribution in [-0.2, 0) is 16.0 Å². The van der Waals surface area contributed by atoms with Gasteiger partial charge >= 0.3 is 142 Å². The van der Waals surface area contributed by atoms with Gasteiger partial charge in [0.25, 0.3) is 0 Å². The second kappa shape index (κ2) is 18.7. The quantitative estimate of drug-likeness (QED) is 0.183. The van der Waals surface area contributed by atoms with Gasteiger partial charge in [-0.25, -0.2) is 0 Å². The van der Waals surface area contributed by atoms with Crippen LogP contribution in [0.4, 0.5) is 0 Å². The third-order valence-corrected chi connectivity index (χ3v) is 14.8. The Bertz CT molecular complexity index is 171. The van der Waals surface area contributed by atoms with Crippen molar-refractivity contribution in [2.45, 2.75) is 126 Å². The Morgan fingerprint density at radius 1 is 0.381 bits per heavy atom. The molecule has 21 heavy (non-hydrogen) atoms. The molecule has 0 aromatic rings. The summed E-state index contributed by atoms with van der Waals surface area (Å²) in [7, 11) is 0. The van der Waals surface area contributed by atoms with Crippen LogP contribution in [0.1, 0.15) is 111 Å². The standard InChI is InChI=1S/C12H25.2C4H9.Zn/c1-3-5-7-9-11-12-10-8-6-4-2;2*1-3-4-2;/h1,3-12H2,2H3;2*1,3-4H2,2H3;. The van der Waals surface area contributed by atoms with E-state index >= 15 is 0 Å². The molecule has 0 radical (unpaired) electrons. The predicted molar refractivity (Wildman–Crippen MR) is 96.1 cm³/mol. The summed E-state index contributed by atoms with van der Waals surface area (Å²) in [5.41, 5.74) is 0. The van der Waals surface area contributed by atoms with Crippen LogP contribution < -0.4 is 0 Å². The van der Waals surface area contributed by atoms with Crippen LogP contribution >= 0.6 is 0 Å². The monoisotopic (exact) mass is 347 g/mol. The summed E-state index contributed by atoms with van der Waals surface area (Å²) in [4.78, 5) is 0. The van der Waals surface area contributed by atoms with Gasteiger partial charge in [0.05, 0.1) is 0 Å². The van der Waals surface area contributed by atoms with Gasteiger partial charge in [-0.3, -0.25) is 0 Å². The molecule has 0 atom stereocenters. The zero-order chi connectivity index (χ0) is 15.6. The van der Waals surface area contributed by atoms with Crippen LogP contribution in [-0.4, -0.2) is 0 Å². The molecule has 0 saturated carbocycles. The van der Waals surface area contributed by atoms with E-state index in [9.17, 15) is 0 Å². The van der Waals surface area contributed by atoms with Crippen molar-refractivity contribution in [1.29, 1.82) is 0 Å². The van der Waals surface area contributed by atoms with Crippen molar-refractivity contribution in [1.82, 2.24) is 0 Å². The first-order valence-corrected chi connectivity index (χ1v) is 16.9. The van der Waals surface area contributed by atoms with E-state index in [-0.39, 0.29) is 0 Å². The minimum absolute atomic E-state index is 1.04. The van der Waals surface area contributed by atoms with Gasteiger partial charge < -0.3 is 0 Å². The molecule has 0 aliphatic carbocycles. The normalized spacial score (nSPS) is 11.0. The molecular weight excluding hydrogens is 306 g/mol. The Labute approximate surface area is 141 Å². The molecule has 0 amide bonds. The van der Waals surface area contributed by atoms with Crippen molar-refractivity contribution in [3.63, 3.8) is 0 Å². The second-order valence-corrected chi connectivity index (χ2v) is 16.4. The molecule has 0 aliphatic heterocycles. The van der Waals surface area contributed by atoms with E-state index < -0.39 is 16.0 Å². The molecular formula is C20H43Zn. The van der Waals surface area contributed by atoms with E-state index in [1.54, 1.807) is 40.7 Å². The van der Waals surface area contributed by atoms with Crippen molar-refractivity contribution in [3.8, 4) is 0 Å². The molecule has 0 bridgehead atoms. The number of unbranched alkanes of at least 4 members (excludes halogenated alkanes) is 11. The van der Waals surface area contributed by atoms with Crippen LogP contribution in [0.15, 0.2) is 0 Å². The Morgan fingerprint density at radius 3 is 1.14 bits per heavy atom. The Morgan fingerprint density at radius 2 is 0.714 bits per heavy atom. The fourth-order valence-corrected chi connectivity index (χ4v) is 13.3. The first-order valence-electron chi connectivity index (χ1n) is 10.6. The van der Waals surface area contributed by atoms with Crippen LogP contribution in [0.2, 0.25) is 15.0 Å². The zero-order valence-electron chi connectivity index (χ0n) is 15.7. The molecule has 0 rings (SSSR count). The van der Waals surface area contributed by atoms with E-state index in [1.165, 1.54) is 64.2 Å². The summed E-state index contributed by atoms with van der Waals surface area (Å²) in [6, 6.07) is 0. The molecule has 1 heteroatoms. The molecule has 0 aromatic heterocycles. The van der Waals surface area contributed by atoms with Gasteiger partial charge in [-0.05, 0) is 0 Å². The molecule has 0 nitrogen and oxygen atoms in total. The van der Waals surface area contributed by atoms with Crippen LogP contribution in [0.5, 0.6) is 0 Å². The molecule has 0 spiro atoms. The Hall–Kier alpha value is 0.623. The summed E-state index contributed by atoms with van der Waals surface area (Å²) in [6.07, 6.45) is 20.9. The van der Waals surface area contributed by atoms with Gasteiger partial charge in [-0.15, -0.1) is 0 Å². The summed E-state index contributed by atoms with van der Waals surface area (Å²) in [5, 5.41) is 5.12. The van der Waals surface area contributed by atoms with Gasteiger partial charge in [0.1, 0.15) is 0 Å². The average molecular weight is 349 g/mol. The average Bonchev–Trinajstić information content (AvgIpc) is 2.51. The zero-order valence-corrected chi connectivity index (χ0v) is 18.7. The maximum absolute atomic E-state index is 2.36. The summed E-state index contributed by atoms with van der Waals surface area (Å²) < 4.78 is 0. The third-order valence-electron chi connectivity index (χ3n) is 5.31. The topological polar surface area (TPSA) is 0 Å². The number of hydrogen-bond acceptors (Lipinski definition) is 0. The van der Waals surface area contributed by atoms with Crippen LogP contribution in [0.3, 0.4) is 0 Å². The number of rotatable bonds is 17. The Kier molecular flexibility index (Phi) is 19.2. The molecule has 125 valence electrons. The summed E-state index contributed by atoms with van der Waals surface area (Å²) in [5.74, 6) is 0. The van der Waals surface area contributed by atoms with Crippen molar-refractivity contribution in [3.05, 3.63) is 0 Å². The molecule has 0 fully saturated rings. The van der Waals surface area contributed by atoms with E-state index in [2.05, 4.69) is 20.8 Å². The molecule has 0 aromatic carbocycles. The predicted octanol–water partition coefficient (Wildman–Crippen LogP) is 8.38. The van der Waals surface area contributed by atoms with Gasteiger partial charge in [-0.2, -0.15) is 0 Å². The van der Waals surface area contributed by atoms with E-state index in [1.807, 2.05) is 0 Å². The van der Waals surface area contributed by atoms with Gasteiger partial charge in [0, 0.05) is 0 Å². The fraction of sp³-hybridized carbons (Fsp3) is 1.00. The van der Waals surface area contributed by atoms with Crippen molar-refractivity contribution in [2.24, 2.45) is 0 Å². The second-order valence-electron chi connectivity index (χ2n) is 7.51. The van der Waals surface area contributed by atoms with Crippen molar-refractivity contribution >= 4 is 0 Å². The first kappa shape index (κ1) is 21.6. The maximum atomic E-state index is 2.36. The molecule has 0 unspecified atom stereocenters. The van der Waals surface area contributed by atoms with E-state index in [0.717, 1.165) is 0 Å². The van der Waals surface area contributed by atoms with E-state index in [0.29, 0.717) is 0 Å². The van der Waals surface area contributed by atoms with Crippen molar-refractivity contribution < 1.29 is 16.0 Å². The molecule has 0 heterocycles. The molecule has 0 saturated heterocycles. The minimum atomic E-state index is -1.04. The van der Waals surface area contributed by atoms with Crippen molar-refractivity contribution in [2.75, 3.05) is 0 Å². The summed E-state index contributed by atoms with van der Waals surface area (Å²) >= 11 is -1.04.